The van der Waals surface area contributed by atoms with Crippen molar-refractivity contribution in [3.8, 4) is 5.75 Å². The Labute approximate surface area is 205 Å². The van der Waals surface area contributed by atoms with Gasteiger partial charge in [0.25, 0.3) is 5.91 Å². The summed E-state index contributed by atoms with van der Waals surface area (Å²) in [4.78, 5) is 29.9. The predicted molar refractivity (Wildman–Crippen MR) is 136 cm³/mol. The third kappa shape index (κ3) is 6.06. The van der Waals surface area contributed by atoms with Crippen LogP contribution in [0.25, 0.3) is 0 Å². The molecular weight excluding hydrogens is 444 g/mol. The van der Waals surface area contributed by atoms with E-state index in [4.69, 9.17) is 4.74 Å². The molecule has 3 aromatic rings. The van der Waals surface area contributed by atoms with E-state index in [9.17, 15) is 9.59 Å². The summed E-state index contributed by atoms with van der Waals surface area (Å²) in [6, 6.07) is 20.7. The van der Waals surface area contributed by atoms with Gasteiger partial charge < -0.3 is 15.0 Å². The Bertz CT molecular complexity index is 1060. The summed E-state index contributed by atoms with van der Waals surface area (Å²) in [6.45, 7) is 0.431. The Balaban J connectivity index is 1.68. The monoisotopic (exact) mass is 476 g/mol. The molecule has 0 bridgehead atoms. The zero-order valence-electron chi connectivity index (χ0n) is 19.6. The molecule has 6 heteroatoms. The molecular formula is C28H32N2O3S. The summed E-state index contributed by atoms with van der Waals surface area (Å²) in [5.74, 6) is 0.412. The molecule has 1 aliphatic rings. The third-order valence-corrected chi connectivity index (χ3v) is 7.26. The fraction of sp³-hybridized carbons (Fsp3) is 0.357. The fourth-order valence-corrected chi connectivity index (χ4v) is 5.27. The van der Waals surface area contributed by atoms with Gasteiger partial charge in [0.15, 0.2) is 0 Å². The van der Waals surface area contributed by atoms with E-state index < -0.39 is 6.04 Å². The normalized spacial score (nSPS) is 14.9. The number of thiophene rings is 1. The molecule has 0 radical (unpaired) electrons. The molecule has 2 aromatic carbocycles. The van der Waals surface area contributed by atoms with Crippen molar-refractivity contribution in [2.24, 2.45) is 0 Å². The van der Waals surface area contributed by atoms with Gasteiger partial charge >= 0.3 is 0 Å². The van der Waals surface area contributed by atoms with E-state index in [1.165, 1.54) is 17.8 Å². The van der Waals surface area contributed by atoms with E-state index in [1.807, 2.05) is 60.0 Å². The van der Waals surface area contributed by atoms with Gasteiger partial charge in [0.05, 0.1) is 12.0 Å². The maximum atomic E-state index is 13.8. The highest BCUT2D eigenvalue weighted by molar-refractivity contribution is 7.12. The predicted octanol–water partition coefficient (Wildman–Crippen LogP) is 5.63. The van der Waals surface area contributed by atoms with Crippen LogP contribution in [-0.4, -0.2) is 36.4 Å². The smallest absolute Gasteiger partial charge is 0.264 e. The van der Waals surface area contributed by atoms with Gasteiger partial charge in [0.2, 0.25) is 5.91 Å². The number of benzene rings is 2. The van der Waals surface area contributed by atoms with Crippen LogP contribution in [0.4, 0.5) is 0 Å². The van der Waals surface area contributed by atoms with E-state index in [-0.39, 0.29) is 17.9 Å². The average molecular weight is 477 g/mol. The highest BCUT2D eigenvalue weighted by Crippen LogP contribution is 2.29. The summed E-state index contributed by atoms with van der Waals surface area (Å²) >= 11 is 1.40. The van der Waals surface area contributed by atoms with Crippen molar-refractivity contribution in [2.45, 2.75) is 50.6 Å². The first-order chi connectivity index (χ1) is 16.7. The SMILES string of the molecule is COc1cccc([C@H](C(=O)NC2CCCCC2)N(CCc2ccccc2)C(=O)c2cccs2)c1. The summed E-state index contributed by atoms with van der Waals surface area (Å²) in [5.41, 5.74) is 1.88. The lowest BCUT2D eigenvalue weighted by Crippen LogP contribution is -2.47. The number of hydrogen-bond donors (Lipinski definition) is 1. The zero-order valence-corrected chi connectivity index (χ0v) is 20.4. The average Bonchev–Trinajstić information content (AvgIpc) is 3.42. The largest absolute Gasteiger partial charge is 0.497 e. The lowest BCUT2D eigenvalue weighted by atomic mass is 9.94. The second kappa shape index (κ2) is 11.8. The van der Waals surface area contributed by atoms with Crippen LogP contribution in [0.3, 0.4) is 0 Å². The Morgan fingerprint density at radius 1 is 1.03 bits per heavy atom. The van der Waals surface area contributed by atoms with Gasteiger partial charge in [0, 0.05) is 12.6 Å². The first-order valence-corrected chi connectivity index (χ1v) is 12.9. The molecule has 1 heterocycles. The van der Waals surface area contributed by atoms with Crippen LogP contribution in [0.1, 0.15) is 58.9 Å². The van der Waals surface area contributed by atoms with Crippen LogP contribution in [-0.2, 0) is 11.2 Å². The maximum absolute atomic E-state index is 13.8. The number of amides is 2. The van der Waals surface area contributed by atoms with Gasteiger partial charge in [-0.1, -0.05) is 67.8 Å². The minimum atomic E-state index is -0.740. The van der Waals surface area contributed by atoms with Gasteiger partial charge in [-0.3, -0.25) is 9.59 Å². The Kier molecular flexibility index (Phi) is 8.36. The second-order valence-electron chi connectivity index (χ2n) is 8.73. The lowest BCUT2D eigenvalue weighted by Gasteiger charge is -2.33. The summed E-state index contributed by atoms with van der Waals surface area (Å²) in [5, 5.41) is 5.16. The van der Waals surface area contributed by atoms with E-state index in [1.54, 1.807) is 12.0 Å². The first kappa shape index (κ1) is 24.0. The molecule has 2 amide bonds. The van der Waals surface area contributed by atoms with Crippen LogP contribution < -0.4 is 10.1 Å². The maximum Gasteiger partial charge on any atom is 0.264 e. The quantitative estimate of drug-likeness (QED) is 0.435. The zero-order chi connectivity index (χ0) is 23.8. The minimum Gasteiger partial charge on any atom is -0.497 e. The van der Waals surface area contributed by atoms with E-state index in [0.717, 1.165) is 36.8 Å². The summed E-state index contributed by atoms with van der Waals surface area (Å²) < 4.78 is 5.44. The van der Waals surface area contributed by atoms with E-state index in [0.29, 0.717) is 23.6 Å². The Hall–Kier alpha value is -3.12. The standard InChI is InChI=1S/C28H32N2O3S/c1-33-24-15-8-12-22(20-24)26(27(31)29-23-13-6-3-7-14-23)30(28(32)25-16-9-19-34-25)18-17-21-10-4-2-5-11-21/h2,4-5,8-12,15-16,19-20,23,26H,3,6-7,13-14,17-18H2,1H3,(H,29,31)/t26-/m1/s1. The molecule has 1 atom stereocenters. The van der Waals surface area contributed by atoms with Crippen molar-refractivity contribution in [2.75, 3.05) is 13.7 Å². The number of methoxy groups -OCH3 is 1. The van der Waals surface area contributed by atoms with Crippen LogP contribution in [0.2, 0.25) is 0 Å². The van der Waals surface area contributed by atoms with Gasteiger partial charge in [-0.2, -0.15) is 0 Å². The number of nitrogens with one attached hydrogen (secondary N) is 1. The molecule has 34 heavy (non-hydrogen) atoms. The van der Waals surface area contributed by atoms with Crippen molar-refractivity contribution in [3.05, 3.63) is 88.1 Å². The van der Waals surface area contributed by atoms with Gasteiger partial charge in [-0.15, -0.1) is 11.3 Å². The number of carbonyl (C=O) groups excluding carboxylic acids is 2. The highest BCUT2D eigenvalue weighted by Gasteiger charge is 2.33. The van der Waals surface area contributed by atoms with Crippen LogP contribution >= 0.6 is 11.3 Å². The molecule has 0 spiro atoms. The van der Waals surface area contributed by atoms with Gasteiger partial charge in [-0.05, 0) is 54.0 Å². The first-order valence-electron chi connectivity index (χ1n) is 12.0. The van der Waals surface area contributed by atoms with Crippen molar-refractivity contribution in [1.82, 2.24) is 10.2 Å². The molecule has 0 unspecified atom stereocenters. The lowest BCUT2D eigenvalue weighted by molar-refractivity contribution is -0.126. The molecule has 1 aliphatic carbocycles. The Morgan fingerprint density at radius 2 is 1.82 bits per heavy atom. The molecule has 4 rings (SSSR count). The number of ether oxygens (including phenoxy) is 1. The second-order valence-corrected chi connectivity index (χ2v) is 9.68. The van der Waals surface area contributed by atoms with Crippen LogP contribution in [0.5, 0.6) is 5.75 Å². The molecule has 0 aliphatic heterocycles. The highest BCUT2D eigenvalue weighted by atomic mass is 32.1. The minimum absolute atomic E-state index is 0.127. The third-order valence-electron chi connectivity index (χ3n) is 6.40. The number of hydrogen-bond acceptors (Lipinski definition) is 4. The fourth-order valence-electron chi connectivity index (χ4n) is 4.60. The summed E-state index contributed by atoms with van der Waals surface area (Å²) in [7, 11) is 1.61. The molecule has 0 saturated heterocycles. The number of nitrogens with zero attached hydrogens (tertiary/aromatic N) is 1. The molecule has 1 aromatic heterocycles. The molecule has 1 saturated carbocycles. The molecule has 178 valence electrons. The Morgan fingerprint density at radius 3 is 2.53 bits per heavy atom. The number of rotatable bonds is 9. The van der Waals surface area contributed by atoms with Gasteiger partial charge in [0.1, 0.15) is 11.8 Å². The van der Waals surface area contributed by atoms with Crippen molar-refractivity contribution >= 4 is 23.2 Å². The van der Waals surface area contributed by atoms with Crippen molar-refractivity contribution in [3.63, 3.8) is 0 Å². The van der Waals surface area contributed by atoms with Crippen molar-refractivity contribution in [1.29, 1.82) is 0 Å². The molecule has 1 fully saturated rings. The molecule has 1 N–H and O–H groups in total. The van der Waals surface area contributed by atoms with E-state index >= 15 is 0 Å². The molecule has 5 nitrogen and oxygen atoms in total. The number of carbonyl (C=O) groups is 2. The summed E-state index contributed by atoms with van der Waals surface area (Å²) in [6.07, 6.45) is 6.10. The van der Waals surface area contributed by atoms with Crippen LogP contribution in [0, 0.1) is 0 Å². The van der Waals surface area contributed by atoms with E-state index in [2.05, 4.69) is 17.4 Å². The van der Waals surface area contributed by atoms with Crippen LogP contribution in [0.15, 0.2) is 72.1 Å². The van der Waals surface area contributed by atoms with Gasteiger partial charge in [-0.25, -0.2) is 0 Å². The van der Waals surface area contributed by atoms with Crippen molar-refractivity contribution < 1.29 is 14.3 Å². The topological polar surface area (TPSA) is 58.6 Å².